The van der Waals surface area contributed by atoms with Crippen LogP contribution in [0.25, 0.3) is 11.0 Å². The van der Waals surface area contributed by atoms with Crippen LogP contribution in [0.2, 0.25) is 0 Å². The number of aromatic amines is 1. The number of nitriles is 1. The molecule has 0 amide bonds. The van der Waals surface area contributed by atoms with Crippen molar-refractivity contribution in [3.05, 3.63) is 22.1 Å². The second-order valence-electron chi connectivity index (χ2n) is 5.46. The van der Waals surface area contributed by atoms with Gasteiger partial charge in [0, 0.05) is 13.3 Å². The molecule has 2 aromatic rings. The first-order valence-corrected chi connectivity index (χ1v) is 8.88. The molecule has 1 aliphatic rings. The van der Waals surface area contributed by atoms with Crippen LogP contribution < -0.4 is 11.3 Å². The number of nitrogen functional groups attached to an aromatic ring is 1. The van der Waals surface area contributed by atoms with E-state index in [0.29, 0.717) is 0 Å². The van der Waals surface area contributed by atoms with Crippen LogP contribution in [-0.2, 0) is 19.0 Å². The van der Waals surface area contributed by atoms with Crippen molar-refractivity contribution in [2.45, 2.75) is 24.7 Å². The first kappa shape index (κ1) is 19.6. The smallest absolute Gasteiger partial charge is 0.263 e. The molecule has 0 saturated carbocycles. The molecule has 3 rings (SSSR count). The average Bonchev–Trinajstić information content (AvgIpc) is 3.16. The molecule has 5 atom stereocenters. The van der Waals surface area contributed by atoms with Gasteiger partial charge in [-0.3, -0.25) is 9.78 Å². The van der Waals surface area contributed by atoms with Gasteiger partial charge in [0.25, 0.3) is 5.56 Å². The Hall–Kier alpha value is -2.14. The Morgan fingerprint density at radius 2 is 2.33 bits per heavy atom. The molecule has 0 bridgehead atoms. The van der Waals surface area contributed by atoms with Crippen molar-refractivity contribution in [3.63, 3.8) is 0 Å². The van der Waals surface area contributed by atoms with Gasteiger partial charge in [-0.15, -0.1) is 0 Å². The summed E-state index contributed by atoms with van der Waals surface area (Å²) in [6.07, 6.45) is -4.16. The molecule has 0 aliphatic carbocycles. The summed E-state index contributed by atoms with van der Waals surface area (Å²) in [6.45, 7) is 0. The van der Waals surface area contributed by atoms with Crippen LogP contribution in [0.5, 0.6) is 0 Å². The van der Waals surface area contributed by atoms with Crippen molar-refractivity contribution in [1.82, 2.24) is 14.5 Å². The van der Waals surface area contributed by atoms with Gasteiger partial charge >= 0.3 is 0 Å². The fourth-order valence-corrected chi connectivity index (χ4v) is 2.98. The number of anilines is 1. The lowest BCUT2D eigenvalue weighted by Gasteiger charge is -2.20. The average molecular weight is 401 g/mol. The largest absolute Gasteiger partial charge is 0.387 e. The molecule has 2 unspecified atom stereocenters. The zero-order chi connectivity index (χ0) is 19.7. The fourth-order valence-electron chi connectivity index (χ4n) is 2.75. The predicted molar refractivity (Wildman–Crippen MR) is 88.6 cm³/mol. The maximum atomic E-state index is 12.1. The van der Waals surface area contributed by atoms with Gasteiger partial charge in [-0.2, -0.15) is 19.8 Å². The second kappa shape index (κ2) is 7.85. The standard InChI is InChI=1S/C13H16N5O8P/c1-23-8-7(20)12(25-26-27(22)4-19)24-11(8)18-3-5(2-14)6-9(18)16-13(15)17-10(6)21/h3,7-8,11-12,19-20,22H,4H2,1H3,(H3,15,16,17,21)/t7-,8?,11-,12-,27?/m1/s1. The van der Waals surface area contributed by atoms with E-state index in [1.807, 2.05) is 6.07 Å². The molecule has 0 radical (unpaired) electrons. The maximum absolute atomic E-state index is 12.1. The molecule has 14 heteroatoms. The number of aromatic nitrogens is 3. The van der Waals surface area contributed by atoms with E-state index < -0.39 is 45.0 Å². The summed E-state index contributed by atoms with van der Waals surface area (Å²) < 4.78 is 16.7. The van der Waals surface area contributed by atoms with Crippen molar-refractivity contribution in [2.24, 2.45) is 0 Å². The van der Waals surface area contributed by atoms with Crippen molar-refractivity contribution >= 4 is 25.4 Å². The lowest BCUT2D eigenvalue weighted by molar-refractivity contribution is -0.332. The molecular formula is C13H16N5O8P. The van der Waals surface area contributed by atoms with Crippen LogP contribution in [0.15, 0.2) is 11.0 Å². The Kier molecular flexibility index (Phi) is 5.70. The second-order valence-corrected chi connectivity index (χ2v) is 6.60. The van der Waals surface area contributed by atoms with E-state index in [0.717, 1.165) is 0 Å². The van der Waals surface area contributed by atoms with Gasteiger partial charge in [-0.05, 0) is 0 Å². The number of nitrogens with one attached hydrogen (secondary N) is 1. The van der Waals surface area contributed by atoms with Crippen molar-refractivity contribution in [2.75, 3.05) is 19.2 Å². The summed E-state index contributed by atoms with van der Waals surface area (Å²) in [5, 5.41) is 28.4. The van der Waals surface area contributed by atoms with Crippen LogP contribution in [0.1, 0.15) is 11.8 Å². The van der Waals surface area contributed by atoms with Gasteiger partial charge in [-0.1, -0.05) is 0 Å². The lowest BCUT2D eigenvalue weighted by atomic mass is 10.2. The Balaban J connectivity index is 2.00. The predicted octanol–water partition coefficient (Wildman–Crippen LogP) is -1.39. The number of methoxy groups -OCH3 is 1. The molecule has 1 aliphatic heterocycles. The number of fused-ring (bicyclic) bond motifs is 1. The molecule has 146 valence electrons. The van der Waals surface area contributed by atoms with E-state index in [9.17, 15) is 20.1 Å². The number of nitrogens with zero attached hydrogens (tertiary/aromatic N) is 3. The van der Waals surface area contributed by atoms with Crippen LogP contribution in [0.4, 0.5) is 5.95 Å². The SMILES string of the molecule is COC1[C@@H](O)[C@@H](OOP(O)CO)O[C@H]1n1cc(C#N)c2c(=O)[nH]c(N)nc21. The maximum Gasteiger partial charge on any atom is 0.263 e. The number of aliphatic hydroxyl groups is 2. The minimum Gasteiger partial charge on any atom is -0.387 e. The highest BCUT2D eigenvalue weighted by molar-refractivity contribution is 7.45. The normalized spacial score (nSPS) is 26.3. The summed E-state index contributed by atoms with van der Waals surface area (Å²) in [5.74, 6) is -0.172. The summed E-state index contributed by atoms with van der Waals surface area (Å²) in [4.78, 5) is 32.5. The Morgan fingerprint density at radius 1 is 1.59 bits per heavy atom. The van der Waals surface area contributed by atoms with E-state index in [-0.39, 0.29) is 22.5 Å². The molecule has 1 fully saturated rings. The summed E-state index contributed by atoms with van der Waals surface area (Å²) >= 11 is 0. The summed E-state index contributed by atoms with van der Waals surface area (Å²) in [7, 11) is -0.948. The Labute approximate surface area is 152 Å². The minimum atomic E-state index is -2.26. The number of aliphatic hydroxyl groups excluding tert-OH is 2. The lowest BCUT2D eigenvalue weighted by Crippen LogP contribution is -2.34. The highest BCUT2D eigenvalue weighted by atomic mass is 31.2. The zero-order valence-corrected chi connectivity index (χ0v) is 14.7. The highest BCUT2D eigenvalue weighted by Gasteiger charge is 2.47. The first-order chi connectivity index (χ1) is 12.9. The summed E-state index contributed by atoms with van der Waals surface area (Å²) in [5.41, 5.74) is 5.05. The molecule has 27 heavy (non-hydrogen) atoms. The fraction of sp³-hybridized carbons (Fsp3) is 0.462. The Morgan fingerprint density at radius 3 is 2.96 bits per heavy atom. The molecule has 6 N–H and O–H groups in total. The molecular weight excluding hydrogens is 385 g/mol. The van der Waals surface area contributed by atoms with Gasteiger partial charge in [-0.25, -0.2) is 0 Å². The first-order valence-electron chi connectivity index (χ1n) is 7.48. The molecule has 1 saturated heterocycles. The van der Waals surface area contributed by atoms with Crippen LogP contribution >= 0.6 is 8.38 Å². The van der Waals surface area contributed by atoms with E-state index in [2.05, 4.69) is 14.6 Å². The van der Waals surface area contributed by atoms with Gasteiger partial charge in [0.15, 0.2) is 11.9 Å². The molecule has 2 aromatic heterocycles. The highest BCUT2D eigenvalue weighted by Crippen LogP contribution is 2.37. The van der Waals surface area contributed by atoms with Gasteiger partial charge < -0.3 is 34.9 Å². The Bertz CT molecular complexity index is 926. The third kappa shape index (κ3) is 3.53. The van der Waals surface area contributed by atoms with Crippen LogP contribution in [-0.4, -0.2) is 61.6 Å². The van der Waals surface area contributed by atoms with Crippen LogP contribution in [0, 0.1) is 11.3 Å². The van der Waals surface area contributed by atoms with Gasteiger partial charge in [0.05, 0.1) is 5.56 Å². The van der Waals surface area contributed by atoms with Gasteiger partial charge in [0.1, 0.15) is 30.0 Å². The minimum absolute atomic E-state index is 0.000536. The summed E-state index contributed by atoms with van der Waals surface area (Å²) in [6, 6.07) is 1.88. The van der Waals surface area contributed by atoms with E-state index in [1.54, 1.807) is 0 Å². The van der Waals surface area contributed by atoms with E-state index in [1.165, 1.54) is 17.9 Å². The molecule has 3 heterocycles. The molecule has 0 spiro atoms. The van der Waals surface area contributed by atoms with Crippen LogP contribution in [0.3, 0.4) is 0 Å². The van der Waals surface area contributed by atoms with E-state index >= 15 is 0 Å². The molecule has 13 nitrogen and oxygen atoms in total. The third-order valence-electron chi connectivity index (χ3n) is 3.88. The van der Waals surface area contributed by atoms with Crippen molar-refractivity contribution in [1.29, 1.82) is 5.26 Å². The number of rotatable bonds is 6. The number of nitrogens with two attached hydrogens (primary N) is 1. The van der Waals surface area contributed by atoms with Gasteiger partial charge in [0.2, 0.25) is 20.6 Å². The number of H-pyrrole nitrogens is 1. The number of hydrogen-bond donors (Lipinski definition) is 5. The molecule has 0 aromatic carbocycles. The van der Waals surface area contributed by atoms with E-state index in [4.69, 9.17) is 25.2 Å². The van der Waals surface area contributed by atoms with Crippen molar-refractivity contribution in [3.8, 4) is 6.07 Å². The van der Waals surface area contributed by atoms with Crippen molar-refractivity contribution < 1.29 is 34.1 Å². The number of ether oxygens (including phenoxy) is 2. The third-order valence-corrected chi connectivity index (χ3v) is 4.38. The topological polar surface area (TPSA) is 198 Å². The number of hydrogen-bond acceptors (Lipinski definition) is 11. The quantitative estimate of drug-likeness (QED) is 0.217. The monoisotopic (exact) mass is 401 g/mol. The zero-order valence-electron chi connectivity index (χ0n) is 13.8.